The first-order valence-electron chi connectivity index (χ1n) is 10.5. The molecule has 10 heteroatoms. The van der Waals surface area contributed by atoms with Crippen molar-refractivity contribution < 1.29 is 9.72 Å². The second-order valence-electron chi connectivity index (χ2n) is 7.61. The molecule has 3 aromatic rings. The van der Waals surface area contributed by atoms with Crippen LogP contribution in [0, 0.1) is 10.1 Å². The number of fused-ring (bicyclic) bond motifs is 1. The highest BCUT2D eigenvalue weighted by atomic mass is 35.5. The molecule has 0 saturated heterocycles. The van der Waals surface area contributed by atoms with Crippen LogP contribution in [0.15, 0.2) is 42.5 Å². The Balaban J connectivity index is 1.45. The predicted molar refractivity (Wildman–Crippen MR) is 121 cm³/mol. The largest absolute Gasteiger partial charge is 0.375 e. The van der Waals surface area contributed by atoms with E-state index in [1.807, 2.05) is 18.2 Å². The topological polar surface area (TPSA) is 115 Å². The number of carbonyl (C=O) groups is 1. The van der Waals surface area contributed by atoms with Gasteiger partial charge in [0.25, 0.3) is 11.6 Å². The van der Waals surface area contributed by atoms with Crippen molar-refractivity contribution in [1.29, 1.82) is 0 Å². The van der Waals surface area contributed by atoms with Crippen LogP contribution in [0.4, 0.5) is 11.4 Å². The number of aryl methyl sites for hydroxylation is 1. The number of rotatable bonds is 7. The maximum absolute atomic E-state index is 12.7. The molecule has 2 heterocycles. The molecule has 2 N–H and O–H groups in total. The van der Waals surface area contributed by atoms with Gasteiger partial charge in [-0.2, -0.15) is 0 Å². The number of hydrogen-bond acceptors (Lipinski definition) is 6. The zero-order valence-corrected chi connectivity index (χ0v) is 18.1. The summed E-state index contributed by atoms with van der Waals surface area (Å²) in [7, 11) is 0. The quantitative estimate of drug-likeness (QED) is 0.410. The van der Waals surface area contributed by atoms with Crippen LogP contribution < -0.4 is 10.6 Å². The van der Waals surface area contributed by atoms with E-state index in [-0.39, 0.29) is 17.8 Å². The molecule has 1 aliphatic rings. The van der Waals surface area contributed by atoms with Gasteiger partial charge in [-0.3, -0.25) is 14.9 Å². The molecule has 0 fully saturated rings. The summed E-state index contributed by atoms with van der Waals surface area (Å²) >= 11 is 6.15. The predicted octanol–water partition coefficient (Wildman–Crippen LogP) is 4.11. The van der Waals surface area contributed by atoms with Gasteiger partial charge in [0, 0.05) is 36.2 Å². The number of carbonyl (C=O) groups excluding carboxylic acids is 1. The fourth-order valence-corrected chi connectivity index (χ4v) is 3.95. The van der Waals surface area contributed by atoms with Crippen LogP contribution in [-0.4, -0.2) is 25.6 Å². The second-order valence-corrected chi connectivity index (χ2v) is 8.02. The van der Waals surface area contributed by atoms with Crippen LogP contribution in [0.25, 0.3) is 0 Å². The summed E-state index contributed by atoms with van der Waals surface area (Å²) in [5.41, 5.74) is 1.16. The van der Waals surface area contributed by atoms with E-state index in [0.29, 0.717) is 23.1 Å². The van der Waals surface area contributed by atoms with E-state index in [0.717, 1.165) is 43.6 Å². The van der Waals surface area contributed by atoms with Gasteiger partial charge in [-0.15, -0.1) is 10.2 Å². The normalized spacial score (nSPS) is 13.2. The smallest absolute Gasteiger partial charge is 0.293 e. The molecule has 2 aromatic carbocycles. The third-order valence-electron chi connectivity index (χ3n) is 5.48. The molecule has 0 radical (unpaired) electrons. The minimum absolute atomic E-state index is 0.180. The van der Waals surface area contributed by atoms with Crippen LogP contribution in [0.2, 0.25) is 5.02 Å². The number of nitro benzene ring substituents is 1. The van der Waals surface area contributed by atoms with Crippen molar-refractivity contribution in [1.82, 2.24) is 20.1 Å². The number of amides is 1. The van der Waals surface area contributed by atoms with Crippen molar-refractivity contribution in [3.05, 3.63) is 80.4 Å². The number of benzene rings is 2. The SMILES string of the molecule is O=C(NCc1nnc2n1CCCCC2)c1ccc(NCc2ccccc2Cl)c([N+](=O)[O-])c1. The first kappa shape index (κ1) is 21.8. The molecular formula is C22H23ClN6O3. The average molecular weight is 455 g/mol. The molecule has 0 bridgehead atoms. The monoisotopic (exact) mass is 454 g/mol. The fraction of sp³-hybridized carbons (Fsp3) is 0.318. The molecule has 4 rings (SSSR count). The maximum Gasteiger partial charge on any atom is 0.293 e. The summed E-state index contributed by atoms with van der Waals surface area (Å²) in [5.74, 6) is 1.23. The minimum atomic E-state index is -0.510. The Labute approximate surface area is 190 Å². The molecule has 9 nitrogen and oxygen atoms in total. The van der Waals surface area contributed by atoms with E-state index < -0.39 is 10.8 Å². The number of nitro groups is 1. The van der Waals surface area contributed by atoms with Crippen molar-refractivity contribution in [2.75, 3.05) is 5.32 Å². The van der Waals surface area contributed by atoms with Gasteiger partial charge in [-0.1, -0.05) is 36.2 Å². The summed E-state index contributed by atoms with van der Waals surface area (Å²) < 4.78 is 2.05. The molecular weight excluding hydrogens is 432 g/mol. The molecule has 32 heavy (non-hydrogen) atoms. The van der Waals surface area contributed by atoms with E-state index in [2.05, 4.69) is 25.4 Å². The lowest BCUT2D eigenvalue weighted by atomic mass is 10.1. The first-order valence-corrected chi connectivity index (χ1v) is 10.9. The number of nitrogens with zero attached hydrogens (tertiary/aromatic N) is 4. The van der Waals surface area contributed by atoms with E-state index in [1.165, 1.54) is 12.1 Å². The van der Waals surface area contributed by atoms with Crippen LogP contribution in [0.3, 0.4) is 0 Å². The lowest BCUT2D eigenvalue weighted by Crippen LogP contribution is -2.25. The third-order valence-corrected chi connectivity index (χ3v) is 5.85. The van der Waals surface area contributed by atoms with Gasteiger partial charge in [0.05, 0.1) is 11.5 Å². The first-order chi connectivity index (χ1) is 15.5. The van der Waals surface area contributed by atoms with Gasteiger partial charge in [-0.05, 0) is 36.6 Å². The van der Waals surface area contributed by atoms with E-state index in [9.17, 15) is 14.9 Å². The van der Waals surface area contributed by atoms with Gasteiger partial charge in [0.2, 0.25) is 0 Å². The Kier molecular flexibility index (Phi) is 6.65. The lowest BCUT2D eigenvalue weighted by Gasteiger charge is -2.11. The summed E-state index contributed by atoms with van der Waals surface area (Å²) in [4.78, 5) is 23.7. The lowest BCUT2D eigenvalue weighted by molar-refractivity contribution is -0.384. The summed E-state index contributed by atoms with van der Waals surface area (Å²) in [6.07, 6.45) is 4.18. The molecule has 0 unspecified atom stereocenters. The molecule has 0 atom stereocenters. The fourth-order valence-electron chi connectivity index (χ4n) is 3.74. The second kappa shape index (κ2) is 9.78. The molecule has 166 valence electrons. The van der Waals surface area contributed by atoms with Crippen LogP contribution in [0.1, 0.15) is 46.8 Å². The number of anilines is 1. The Morgan fingerprint density at radius 2 is 1.97 bits per heavy atom. The molecule has 0 saturated carbocycles. The highest BCUT2D eigenvalue weighted by molar-refractivity contribution is 6.31. The minimum Gasteiger partial charge on any atom is -0.375 e. The highest BCUT2D eigenvalue weighted by Gasteiger charge is 2.19. The van der Waals surface area contributed by atoms with Crippen molar-refractivity contribution in [2.45, 2.75) is 45.3 Å². The molecule has 1 amide bonds. The average Bonchev–Trinajstić information content (AvgIpc) is 3.02. The van der Waals surface area contributed by atoms with Crippen LogP contribution in [-0.2, 0) is 26.1 Å². The summed E-state index contributed by atoms with van der Waals surface area (Å²) in [6.45, 7) is 1.38. The molecule has 1 aliphatic heterocycles. The molecule has 0 aliphatic carbocycles. The van der Waals surface area contributed by atoms with E-state index >= 15 is 0 Å². The van der Waals surface area contributed by atoms with Gasteiger partial charge in [0.1, 0.15) is 11.5 Å². The van der Waals surface area contributed by atoms with Crippen molar-refractivity contribution in [3.63, 3.8) is 0 Å². The van der Waals surface area contributed by atoms with Crippen molar-refractivity contribution in [2.24, 2.45) is 0 Å². The zero-order chi connectivity index (χ0) is 22.5. The summed E-state index contributed by atoms with van der Waals surface area (Å²) in [6, 6.07) is 11.6. The Morgan fingerprint density at radius 3 is 2.78 bits per heavy atom. The number of halogens is 1. The van der Waals surface area contributed by atoms with Gasteiger partial charge >= 0.3 is 0 Å². The Hall–Kier alpha value is -3.46. The van der Waals surface area contributed by atoms with E-state index in [1.54, 1.807) is 12.1 Å². The number of nitrogens with one attached hydrogen (secondary N) is 2. The Morgan fingerprint density at radius 1 is 1.12 bits per heavy atom. The highest BCUT2D eigenvalue weighted by Crippen LogP contribution is 2.27. The van der Waals surface area contributed by atoms with Crippen LogP contribution in [0.5, 0.6) is 0 Å². The van der Waals surface area contributed by atoms with Gasteiger partial charge < -0.3 is 15.2 Å². The zero-order valence-electron chi connectivity index (χ0n) is 17.4. The number of hydrogen-bond donors (Lipinski definition) is 2. The van der Waals surface area contributed by atoms with Crippen molar-refractivity contribution in [3.8, 4) is 0 Å². The Bertz CT molecular complexity index is 1150. The molecule has 1 aromatic heterocycles. The molecule has 0 spiro atoms. The van der Waals surface area contributed by atoms with Gasteiger partial charge in [-0.25, -0.2) is 0 Å². The van der Waals surface area contributed by atoms with Gasteiger partial charge in [0.15, 0.2) is 5.82 Å². The third kappa shape index (κ3) is 4.88. The number of aromatic nitrogens is 3. The maximum atomic E-state index is 12.7. The van der Waals surface area contributed by atoms with E-state index in [4.69, 9.17) is 11.6 Å². The standard InChI is InChI=1S/C22H23ClN6O3/c23-17-7-4-3-6-16(17)13-24-18-10-9-15(12-19(18)29(31)32)22(30)25-14-21-27-26-20-8-2-1-5-11-28(20)21/h3-4,6-7,9-10,12,24H,1-2,5,8,11,13-14H2,(H,25,30). The van der Waals surface area contributed by atoms with Crippen LogP contribution >= 0.6 is 11.6 Å². The summed E-state index contributed by atoms with van der Waals surface area (Å²) in [5, 5.41) is 26.4. The van der Waals surface area contributed by atoms with Crippen molar-refractivity contribution >= 4 is 28.9 Å².